The zero-order chi connectivity index (χ0) is 13.9. The van der Waals surface area contributed by atoms with Gasteiger partial charge < -0.3 is 5.32 Å². The summed E-state index contributed by atoms with van der Waals surface area (Å²) in [7, 11) is 1.85. The second kappa shape index (κ2) is 5.52. The molecule has 2 aromatic rings. The molecule has 0 aliphatic rings. The largest absolute Gasteiger partial charge is 0.373 e. The van der Waals surface area contributed by atoms with E-state index in [-0.39, 0.29) is 5.41 Å². The Labute approximate surface area is 117 Å². The van der Waals surface area contributed by atoms with Crippen LogP contribution in [0, 0.1) is 0 Å². The molecule has 0 aromatic carbocycles. The molecule has 2 aromatic heterocycles. The third-order valence-corrected chi connectivity index (χ3v) is 3.22. The summed E-state index contributed by atoms with van der Waals surface area (Å²) in [5.74, 6) is 1.62. The van der Waals surface area contributed by atoms with Crippen LogP contribution in [0.4, 0.5) is 5.82 Å². The Morgan fingerprint density at radius 3 is 2.47 bits per heavy atom. The fourth-order valence-electron chi connectivity index (χ4n) is 1.39. The van der Waals surface area contributed by atoms with E-state index in [9.17, 15) is 0 Å². The minimum Gasteiger partial charge on any atom is -0.373 e. The fraction of sp³-hybridized carbons (Fsp3) is 0.385. The van der Waals surface area contributed by atoms with Crippen molar-refractivity contribution < 1.29 is 0 Å². The zero-order valence-electron chi connectivity index (χ0n) is 11.5. The van der Waals surface area contributed by atoms with E-state index in [1.54, 1.807) is 18.6 Å². The molecule has 1 N–H and O–H groups in total. The second-order valence-electron chi connectivity index (χ2n) is 5.06. The average Bonchev–Trinajstić information content (AvgIpc) is 2.38. The van der Waals surface area contributed by atoms with Gasteiger partial charge in [-0.15, -0.1) is 0 Å². The minimum absolute atomic E-state index is 0.0927. The van der Waals surface area contributed by atoms with E-state index < -0.39 is 0 Å². The Bertz CT molecular complexity index is 551. The lowest BCUT2D eigenvalue weighted by Gasteiger charge is -2.18. The predicted octanol–water partition coefficient (Wildman–Crippen LogP) is 2.76. The first-order chi connectivity index (χ1) is 8.99. The van der Waals surface area contributed by atoms with Crippen LogP contribution in [0.3, 0.4) is 0 Å². The molecule has 0 aliphatic heterocycles. The fourth-order valence-corrected chi connectivity index (χ4v) is 2.13. The molecule has 0 atom stereocenters. The van der Waals surface area contributed by atoms with Crippen molar-refractivity contribution in [2.45, 2.75) is 36.2 Å². The van der Waals surface area contributed by atoms with E-state index in [0.717, 1.165) is 21.7 Å². The number of rotatable bonds is 3. The highest BCUT2D eigenvalue weighted by Gasteiger charge is 2.19. The highest BCUT2D eigenvalue weighted by Crippen LogP contribution is 2.28. The Morgan fingerprint density at radius 1 is 1.11 bits per heavy atom. The maximum Gasteiger partial charge on any atom is 0.137 e. The molecule has 100 valence electrons. The van der Waals surface area contributed by atoms with Crippen molar-refractivity contribution in [1.29, 1.82) is 0 Å². The van der Waals surface area contributed by atoms with Gasteiger partial charge in [0.2, 0.25) is 0 Å². The molecule has 6 heteroatoms. The van der Waals surface area contributed by atoms with Crippen LogP contribution >= 0.6 is 11.8 Å². The predicted molar refractivity (Wildman–Crippen MR) is 76.4 cm³/mol. The first-order valence-electron chi connectivity index (χ1n) is 6.00. The monoisotopic (exact) mass is 275 g/mol. The van der Waals surface area contributed by atoms with Crippen LogP contribution in [0.25, 0.3) is 0 Å². The lowest BCUT2D eigenvalue weighted by molar-refractivity contribution is 0.539. The van der Waals surface area contributed by atoms with Crippen LogP contribution < -0.4 is 5.32 Å². The van der Waals surface area contributed by atoms with E-state index in [0.29, 0.717) is 0 Å². The molecule has 2 rings (SSSR count). The van der Waals surface area contributed by atoms with E-state index in [1.165, 1.54) is 11.8 Å². The van der Waals surface area contributed by atoms with Gasteiger partial charge in [-0.3, -0.25) is 4.98 Å². The summed E-state index contributed by atoms with van der Waals surface area (Å²) in [5.41, 5.74) is -0.0927. The second-order valence-corrected chi connectivity index (χ2v) is 6.10. The van der Waals surface area contributed by atoms with Crippen LogP contribution in [-0.2, 0) is 5.41 Å². The maximum absolute atomic E-state index is 4.59. The summed E-state index contributed by atoms with van der Waals surface area (Å²) < 4.78 is 0. The molecular formula is C13H17N5S. The number of aromatic nitrogens is 4. The van der Waals surface area contributed by atoms with Crippen molar-refractivity contribution in [3.8, 4) is 0 Å². The Kier molecular flexibility index (Phi) is 3.99. The average molecular weight is 275 g/mol. The topological polar surface area (TPSA) is 63.6 Å². The normalized spacial score (nSPS) is 11.4. The van der Waals surface area contributed by atoms with Crippen molar-refractivity contribution >= 4 is 17.6 Å². The van der Waals surface area contributed by atoms with Crippen molar-refractivity contribution in [2.24, 2.45) is 0 Å². The number of nitrogens with one attached hydrogen (secondary N) is 1. The highest BCUT2D eigenvalue weighted by atomic mass is 32.2. The van der Waals surface area contributed by atoms with Crippen LogP contribution in [0.5, 0.6) is 0 Å². The van der Waals surface area contributed by atoms with Crippen molar-refractivity contribution in [1.82, 2.24) is 19.9 Å². The summed E-state index contributed by atoms with van der Waals surface area (Å²) >= 11 is 1.48. The van der Waals surface area contributed by atoms with E-state index in [2.05, 4.69) is 46.0 Å². The standard InChI is InChI=1S/C13H17N5S/c1-13(2,3)12-17-9(14-4)7-10(18-12)19-11-8-15-5-6-16-11/h5-8H,1-4H3,(H,14,17,18). The molecule has 0 fully saturated rings. The van der Waals surface area contributed by atoms with Gasteiger partial charge in [0.1, 0.15) is 21.7 Å². The number of hydrogen-bond donors (Lipinski definition) is 1. The van der Waals surface area contributed by atoms with Gasteiger partial charge in [-0.2, -0.15) is 0 Å². The molecule has 0 unspecified atom stereocenters. The molecular weight excluding hydrogens is 258 g/mol. The molecule has 0 amide bonds. The van der Waals surface area contributed by atoms with Gasteiger partial charge >= 0.3 is 0 Å². The van der Waals surface area contributed by atoms with Crippen LogP contribution in [0.1, 0.15) is 26.6 Å². The van der Waals surface area contributed by atoms with Gasteiger partial charge in [-0.1, -0.05) is 20.8 Å². The maximum atomic E-state index is 4.59. The third-order valence-electron chi connectivity index (χ3n) is 2.38. The molecule has 0 radical (unpaired) electrons. The molecule has 0 saturated carbocycles. The summed E-state index contributed by atoms with van der Waals surface area (Å²) in [6.45, 7) is 6.29. The minimum atomic E-state index is -0.0927. The SMILES string of the molecule is CNc1cc(Sc2cnccn2)nc(C(C)(C)C)n1. The molecule has 2 heterocycles. The van der Waals surface area contributed by atoms with Crippen molar-refractivity contribution in [3.63, 3.8) is 0 Å². The van der Waals surface area contributed by atoms with Gasteiger partial charge in [0, 0.05) is 30.9 Å². The van der Waals surface area contributed by atoms with Gasteiger partial charge in [0.15, 0.2) is 0 Å². The molecule has 19 heavy (non-hydrogen) atoms. The first kappa shape index (κ1) is 13.7. The molecule has 5 nitrogen and oxygen atoms in total. The Morgan fingerprint density at radius 2 is 1.89 bits per heavy atom. The zero-order valence-corrected chi connectivity index (χ0v) is 12.3. The summed E-state index contributed by atoms with van der Waals surface area (Å²) in [6.07, 6.45) is 5.05. The van der Waals surface area contributed by atoms with Gasteiger partial charge in [0.25, 0.3) is 0 Å². The van der Waals surface area contributed by atoms with Gasteiger partial charge in [0.05, 0.1) is 6.20 Å². The highest BCUT2D eigenvalue weighted by molar-refractivity contribution is 7.99. The number of hydrogen-bond acceptors (Lipinski definition) is 6. The van der Waals surface area contributed by atoms with Crippen LogP contribution in [0.15, 0.2) is 34.7 Å². The summed E-state index contributed by atoms with van der Waals surface area (Å²) in [6, 6.07) is 1.91. The molecule has 0 aliphatic carbocycles. The van der Waals surface area contributed by atoms with Crippen molar-refractivity contribution in [2.75, 3.05) is 12.4 Å². The Hall–Kier alpha value is -1.69. The smallest absolute Gasteiger partial charge is 0.137 e. The van der Waals surface area contributed by atoms with E-state index in [4.69, 9.17) is 0 Å². The molecule has 0 saturated heterocycles. The number of nitrogens with zero attached hydrogens (tertiary/aromatic N) is 4. The first-order valence-corrected chi connectivity index (χ1v) is 6.82. The summed E-state index contributed by atoms with van der Waals surface area (Å²) in [4.78, 5) is 17.4. The summed E-state index contributed by atoms with van der Waals surface area (Å²) in [5, 5.41) is 4.75. The third kappa shape index (κ3) is 3.64. The van der Waals surface area contributed by atoms with Crippen LogP contribution in [-0.4, -0.2) is 27.0 Å². The molecule has 0 bridgehead atoms. The van der Waals surface area contributed by atoms with Crippen molar-refractivity contribution in [3.05, 3.63) is 30.5 Å². The quantitative estimate of drug-likeness (QED) is 0.869. The van der Waals surface area contributed by atoms with Gasteiger partial charge in [-0.05, 0) is 11.8 Å². The van der Waals surface area contributed by atoms with E-state index >= 15 is 0 Å². The lowest BCUT2D eigenvalue weighted by atomic mass is 9.96. The van der Waals surface area contributed by atoms with Crippen LogP contribution in [0.2, 0.25) is 0 Å². The molecule has 0 spiro atoms. The van der Waals surface area contributed by atoms with E-state index in [1.807, 2.05) is 13.1 Å². The van der Waals surface area contributed by atoms with Gasteiger partial charge in [-0.25, -0.2) is 15.0 Å². The Balaban J connectivity index is 2.35. The number of anilines is 1. The lowest BCUT2D eigenvalue weighted by Crippen LogP contribution is -2.17.